The van der Waals surface area contributed by atoms with E-state index in [-0.39, 0.29) is 0 Å². The van der Waals surface area contributed by atoms with Crippen LogP contribution in [0.2, 0.25) is 0 Å². The lowest BCUT2D eigenvalue weighted by atomic mass is 9.93. The average molecular weight is 409 g/mol. The van der Waals surface area contributed by atoms with Crippen LogP contribution in [0.3, 0.4) is 0 Å². The van der Waals surface area contributed by atoms with Gasteiger partial charge in [0.2, 0.25) is 0 Å². The summed E-state index contributed by atoms with van der Waals surface area (Å²) in [6.45, 7) is 5.20. The normalized spacial score (nSPS) is 20.5. The topological polar surface area (TPSA) is 40.0 Å². The summed E-state index contributed by atoms with van der Waals surface area (Å²) in [6.07, 6.45) is 3.22. The summed E-state index contributed by atoms with van der Waals surface area (Å²) in [5.41, 5.74) is 5.29. The Kier molecular flexibility index (Phi) is 5.06. The number of anilines is 2. The maximum Gasteiger partial charge on any atom is 0.193 e. The van der Waals surface area contributed by atoms with Crippen LogP contribution in [0, 0.1) is 13.8 Å². The maximum atomic E-state index is 5.30. The van der Waals surface area contributed by atoms with E-state index >= 15 is 0 Å². The molecule has 0 amide bonds. The van der Waals surface area contributed by atoms with Crippen LogP contribution in [0.4, 0.5) is 11.4 Å². The fourth-order valence-electron chi connectivity index (χ4n) is 4.46. The van der Waals surface area contributed by atoms with Crippen molar-refractivity contribution < 1.29 is 0 Å². The quantitative estimate of drug-likeness (QED) is 0.581. The predicted molar refractivity (Wildman–Crippen MR) is 130 cm³/mol. The van der Waals surface area contributed by atoms with Crippen molar-refractivity contribution in [2.45, 2.75) is 38.8 Å². The minimum Gasteiger partial charge on any atom is -0.341 e. The van der Waals surface area contributed by atoms with Gasteiger partial charge in [0.1, 0.15) is 0 Å². The van der Waals surface area contributed by atoms with Crippen molar-refractivity contribution in [3.63, 3.8) is 0 Å². The molecule has 1 atom stereocenters. The second-order valence-electron chi connectivity index (χ2n) is 8.51. The van der Waals surface area contributed by atoms with Crippen molar-refractivity contribution in [2.75, 3.05) is 16.8 Å². The van der Waals surface area contributed by atoms with Gasteiger partial charge in [-0.25, -0.2) is 9.98 Å². The Morgan fingerprint density at radius 1 is 0.806 bits per heavy atom. The largest absolute Gasteiger partial charge is 0.341 e. The van der Waals surface area contributed by atoms with Crippen LogP contribution in [0.5, 0.6) is 0 Å². The summed E-state index contributed by atoms with van der Waals surface area (Å²) in [4.78, 5) is 12.8. The first-order valence-corrected chi connectivity index (χ1v) is 11.1. The molecule has 0 radical (unpaired) electrons. The van der Waals surface area contributed by atoms with Gasteiger partial charge in [0, 0.05) is 23.5 Å². The fourth-order valence-corrected chi connectivity index (χ4v) is 4.46. The first kappa shape index (κ1) is 19.6. The Labute approximate surface area is 184 Å². The summed E-state index contributed by atoms with van der Waals surface area (Å²) < 4.78 is 0. The van der Waals surface area contributed by atoms with Crippen LogP contribution < -0.4 is 10.2 Å². The Balaban J connectivity index is 1.60. The molecule has 4 heteroatoms. The van der Waals surface area contributed by atoms with Gasteiger partial charge in [-0.05, 0) is 57.4 Å². The molecule has 2 heterocycles. The smallest absolute Gasteiger partial charge is 0.193 e. The van der Waals surface area contributed by atoms with E-state index in [0.29, 0.717) is 0 Å². The molecule has 0 saturated carbocycles. The van der Waals surface area contributed by atoms with Crippen LogP contribution in [-0.2, 0) is 0 Å². The zero-order chi connectivity index (χ0) is 21.3. The predicted octanol–water partition coefficient (Wildman–Crippen LogP) is 5.96. The highest BCUT2D eigenvalue weighted by Gasteiger charge is 2.47. The van der Waals surface area contributed by atoms with Gasteiger partial charge in [-0.3, -0.25) is 0 Å². The van der Waals surface area contributed by atoms with Crippen LogP contribution >= 0.6 is 0 Å². The zero-order valence-electron chi connectivity index (χ0n) is 18.2. The molecule has 0 bridgehead atoms. The molecule has 31 heavy (non-hydrogen) atoms. The van der Waals surface area contributed by atoms with E-state index in [0.717, 1.165) is 48.7 Å². The van der Waals surface area contributed by atoms with Gasteiger partial charge < -0.3 is 10.2 Å². The summed E-state index contributed by atoms with van der Waals surface area (Å²) in [6, 6.07) is 27.6. The van der Waals surface area contributed by atoms with Gasteiger partial charge in [0.25, 0.3) is 0 Å². The Morgan fingerprint density at radius 2 is 1.48 bits per heavy atom. The molecule has 1 saturated heterocycles. The number of aliphatic imine (C=N–C) groups is 2. The molecule has 3 aromatic carbocycles. The number of nitrogens with zero attached hydrogens (tertiary/aromatic N) is 3. The number of rotatable bonds is 3. The van der Waals surface area contributed by atoms with Crippen molar-refractivity contribution >= 4 is 23.0 Å². The van der Waals surface area contributed by atoms with Crippen LogP contribution in [0.15, 0.2) is 88.8 Å². The van der Waals surface area contributed by atoms with E-state index in [4.69, 9.17) is 9.98 Å². The lowest BCUT2D eigenvalue weighted by molar-refractivity contribution is 0.413. The molecule has 0 aliphatic carbocycles. The van der Waals surface area contributed by atoms with Crippen LogP contribution in [0.1, 0.15) is 36.0 Å². The third kappa shape index (κ3) is 3.74. The minimum absolute atomic E-state index is 0.510. The van der Waals surface area contributed by atoms with E-state index in [9.17, 15) is 0 Å². The fraction of sp³-hybridized carbons (Fsp3) is 0.259. The Morgan fingerprint density at radius 3 is 2.19 bits per heavy atom. The molecule has 2 aliphatic rings. The molecule has 2 aliphatic heterocycles. The third-order valence-corrected chi connectivity index (χ3v) is 6.18. The molecule has 1 unspecified atom stereocenters. The lowest BCUT2D eigenvalue weighted by Crippen LogP contribution is -2.57. The first-order valence-electron chi connectivity index (χ1n) is 11.1. The number of piperidine rings is 1. The number of aryl methyl sites for hydroxylation is 2. The molecular formula is C27H28N4. The number of benzene rings is 3. The Bertz CT molecular complexity index is 1110. The van der Waals surface area contributed by atoms with E-state index in [1.807, 2.05) is 18.2 Å². The highest BCUT2D eigenvalue weighted by Crippen LogP contribution is 2.39. The molecule has 5 rings (SSSR count). The van der Waals surface area contributed by atoms with Gasteiger partial charge >= 0.3 is 0 Å². The van der Waals surface area contributed by atoms with Gasteiger partial charge in [-0.2, -0.15) is 0 Å². The van der Waals surface area contributed by atoms with E-state index in [1.165, 1.54) is 16.8 Å². The van der Waals surface area contributed by atoms with Crippen molar-refractivity contribution in [3.8, 4) is 0 Å². The standard InChI is InChI=1S/C27H28N4/c1-20-10-14-23(15-11-20)28-26-27(30-25(29-26)22-8-4-3-5-9-22)18-6-7-19-31(27)24-16-12-21(2)13-17-24/h3-5,8-17H,6-7,18-19H2,1-2H3,(H,28,29,30). The number of nitrogens with one attached hydrogen (secondary N) is 1. The van der Waals surface area contributed by atoms with E-state index in [1.54, 1.807) is 0 Å². The highest BCUT2D eigenvalue weighted by molar-refractivity contribution is 6.19. The van der Waals surface area contributed by atoms with Gasteiger partial charge in [0.05, 0.1) is 0 Å². The average Bonchev–Trinajstić information content (AvgIpc) is 3.15. The molecule has 4 nitrogen and oxygen atoms in total. The molecule has 3 aromatic rings. The molecule has 1 fully saturated rings. The lowest BCUT2D eigenvalue weighted by Gasteiger charge is -2.44. The van der Waals surface area contributed by atoms with Crippen molar-refractivity contribution in [2.24, 2.45) is 9.98 Å². The number of amidine groups is 2. The van der Waals surface area contributed by atoms with E-state index in [2.05, 4.69) is 84.7 Å². The Hall–Kier alpha value is -3.40. The van der Waals surface area contributed by atoms with Crippen LogP contribution in [-0.4, -0.2) is 23.9 Å². The van der Waals surface area contributed by atoms with Crippen LogP contribution in [0.25, 0.3) is 0 Å². The zero-order valence-corrected chi connectivity index (χ0v) is 18.2. The van der Waals surface area contributed by atoms with E-state index < -0.39 is 5.66 Å². The monoisotopic (exact) mass is 408 g/mol. The maximum absolute atomic E-state index is 5.30. The summed E-state index contributed by atoms with van der Waals surface area (Å²) in [5.74, 6) is 1.71. The highest BCUT2D eigenvalue weighted by atomic mass is 15.4. The van der Waals surface area contributed by atoms with Gasteiger partial charge in [-0.1, -0.05) is 65.7 Å². The summed E-state index contributed by atoms with van der Waals surface area (Å²) in [5, 5.41) is 3.63. The summed E-state index contributed by atoms with van der Waals surface area (Å²) in [7, 11) is 0. The van der Waals surface area contributed by atoms with Gasteiger partial charge in [-0.15, -0.1) is 0 Å². The number of hydrogen-bond acceptors (Lipinski definition) is 4. The summed E-state index contributed by atoms with van der Waals surface area (Å²) >= 11 is 0. The third-order valence-electron chi connectivity index (χ3n) is 6.18. The molecule has 1 spiro atoms. The molecular weight excluding hydrogens is 380 g/mol. The first-order chi connectivity index (χ1) is 15.1. The molecule has 0 aromatic heterocycles. The van der Waals surface area contributed by atoms with Crippen molar-refractivity contribution in [3.05, 3.63) is 95.6 Å². The minimum atomic E-state index is -0.510. The van der Waals surface area contributed by atoms with Gasteiger partial charge in [0.15, 0.2) is 17.3 Å². The molecule has 1 N–H and O–H groups in total. The molecule has 156 valence electrons. The number of hydrogen-bond donors (Lipinski definition) is 1. The van der Waals surface area contributed by atoms with Crippen molar-refractivity contribution in [1.29, 1.82) is 0 Å². The van der Waals surface area contributed by atoms with Crippen molar-refractivity contribution in [1.82, 2.24) is 0 Å². The second-order valence-corrected chi connectivity index (χ2v) is 8.51. The second kappa shape index (κ2) is 8.03. The SMILES string of the molecule is Cc1ccc(NC2=NC(c3ccccc3)=NC23CCCCN3c2ccc(C)cc2)cc1.